The second-order valence-corrected chi connectivity index (χ2v) is 6.81. The van der Waals surface area contributed by atoms with E-state index >= 15 is 0 Å². The Morgan fingerprint density at radius 2 is 2.07 bits per heavy atom. The van der Waals surface area contributed by atoms with Gasteiger partial charge in [-0.05, 0) is 38.5 Å². The molecule has 15 heavy (non-hydrogen) atoms. The molecule has 9 heteroatoms. The topological polar surface area (TPSA) is 47.0 Å². The summed E-state index contributed by atoms with van der Waals surface area (Å²) in [7, 11) is 0.715. The molecule has 0 bridgehead atoms. The summed E-state index contributed by atoms with van der Waals surface area (Å²) in [4.78, 5) is 3.39. The van der Waals surface area contributed by atoms with Crippen LogP contribution in [0.5, 0.6) is 0 Å². The largest absolute Gasteiger partial charge is 0.279 e. The van der Waals surface area contributed by atoms with Crippen LogP contribution in [0.25, 0.3) is 0 Å². The third-order valence-corrected chi connectivity index (χ3v) is 5.06. The molecular formula is C6H2BrClF2INO2S. The Morgan fingerprint density at radius 3 is 2.47 bits per heavy atom. The number of hydrogen-bond donors (Lipinski definition) is 0. The monoisotopic (exact) mass is 431 g/mol. The molecule has 1 aromatic heterocycles. The average molecular weight is 432 g/mol. The van der Waals surface area contributed by atoms with Gasteiger partial charge in [-0.25, -0.2) is 22.2 Å². The van der Waals surface area contributed by atoms with Gasteiger partial charge in [0.15, 0.2) is 5.03 Å². The summed E-state index contributed by atoms with van der Waals surface area (Å²) in [5.41, 5.74) is -0.711. The Hall–Kier alpha value is 0.460. The van der Waals surface area contributed by atoms with Crippen LogP contribution >= 0.6 is 49.2 Å². The van der Waals surface area contributed by atoms with E-state index in [0.29, 0.717) is 3.57 Å². The molecule has 0 fully saturated rings. The van der Waals surface area contributed by atoms with Crippen molar-refractivity contribution in [2.75, 3.05) is 0 Å². The first-order chi connectivity index (χ1) is 6.75. The van der Waals surface area contributed by atoms with Crippen molar-refractivity contribution < 1.29 is 17.2 Å². The molecule has 0 spiro atoms. The molecule has 0 atom stereocenters. The first kappa shape index (κ1) is 13.5. The minimum atomic E-state index is -4.27. The van der Waals surface area contributed by atoms with Crippen LogP contribution in [0.15, 0.2) is 15.7 Å². The molecule has 3 nitrogen and oxygen atoms in total. The van der Waals surface area contributed by atoms with E-state index in [9.17, 15) is 17.2 Å². The summed E-state index contributed by atoms with van der Waals surface area (Å²) in [6.45, 7) is 0. The highest BCUT2D eigenvalue weighted by Gasteiger charge is 2.27. The molecule has 1 rings (SSSR count). The SMILES string of the molecule is O=S(=O)(Cl)c1ncc(I)c(Br)c1C(F)F. The fourth-order valence-electron chi connectivity index (χ4n) is 0.847. The van der Waals surface area contributed by atoms with Gasteiger partial charge in [0, 0.05) is 24.9 Å². The summed E-state index contributed by atoms with van der Waals surface area (Å²) < 4.78 is 47.5. The summed E-state index contributed by atoms with van der Waals surface area (Å²) in [5, 5.41) is -0.813. The second kappa shape index (κ2) is 4.76. The van der Waals surface area contributed by atoms with E-state index in [1.165, 1.54) is 0 Å². The fourth-order valence-corrected chi connectivity index (χ4v) is 2.87. The predicted molar refractivity (Wildman–Crippen MR) is 62.6 cm³/mol. The highest BCUT2D eigenvalue weighted by Crippen LogP contribution is 2.35. The molecule has 84 valence electrons. The lowest BCUT2D eigenvalue weighted by Crippen LogP contribution is -2.04. The zero-order chi connectivity index (χ0) is 11.8. The van der Waals surface area contributed by atoms with E-state index in [2.05, 4.69) is 20.9 Å². The zero-order valence-electron chi connectivity index (χ0n) is 6.72. The highest BCUT2D eigenvalue weighted by molar-refractivity contribution is 14.1. The normalized spacial score (nSPS) is 12.1. The molecule has 0 radical (unpaired) electrons. The third-order valence-electron chi connectivity index (χ3n) is 1.42. The Morgan fingerprint density at radius 1 is 1.53 bits per heavy atom. The van der Waals surface area contributed by atoms with Gasteiger partial charge in [-0.2, -0.15) is 0 Å². The Kier molecular flexibility index (Phi) is 4.29. The average Bonchev–Trinajstić information content (AvgIpc) is 2.06. The van der Waals surface area contributed by atoms with Crippen LogP contribution in [0.4, 0.5) is 8.78 Å². The number of alkyl halides is 2. The molecule has 0 aliphatic rings. The fraction of sp³-hybridized carbons (Fsp3) is 0.167. The number of halogens is 5. The maximum Gasteiger partial charge on any atom is 0.279 e. The first-order valence-corrected chi connectivity index (χ1v) is 7.50. The van der Waals surface area contributed by atoms with Gasteiger partial charge in [0.2, 0.25) is 0 Å². The Bertz CT molecular complexity index is 496. The molecule has 0 saturated carbocycles. The quantitative estimate of drug-likeness (QED) is 0.532. The van der Waals surface area contributed by atoms with Gasteiger partial charge in [-0.15, -0.1) is 0 Å². The zero-order valence-corrected chi connectivity index (χ0v) is 12.0. The minimum Gasteiger partial charge on any atom is -0.242 e. The maximum atomic E-state index is 12.6. The molecule has 0 aliphatic heterocycles. The third kappa shape index (κ3) is 2.98. The molecule has 1 heterocycles. The van der Waals surface area contributed by atoms with Crippen LogP contribution < -0.4 is 0 Å². The van der Waals surface area contributed by atoms with Gasteiger partial charge in [0.25, 0.3) is 15.5 Å². The van der Waals surface area contributed by atoms with Crippen LogP contribution in [0.3, 0.4) is 0 Å². The van der Waals surface area contributed by atoms with Crippen LogP contribution in [0.2, 0.25) is 0 Å². The minimum absolute atomic E-state index is 0.00711. The van der Waals surface area contributed by atoms with Crippen LogP contribution in [0.1, 0.15) is 12.0 Å². The molecule has 1 aromatic rings. The van der Waals surface area contributed by atoms with Crippen molar-refractivity contribution in [1.29, 1.82) is 0 Å². The summed E-state index contributed by atoms with van der Waals surface area (Å²) in [6, 6.07) is 0. The highest BCUT2D eigenvalue weighted by atomic mass is 127. The number of hydrogen-bond acceptors (Lipinski definition) is 3. The van der Waals surface area contributed by atoms with Crippen molar-refractivity contribution >= 4 is 58.3 Å². The Labute approximate surface area is 111 Å². The first-order valence-electron chi connectivity index (χ1n) is 3.32. The van der Waals surface area contributed by atoms with Gasteiger partial charge < -0.3 is 0 Å². The molecular weight excluding hydrogens is 430 g/mol. The molecule has 0 N–H and O–H groups in total. The van der Waals surface area contributed by atoms with Crippen molar-refractivity contribution in [1.82, 2.24) is 4.98 Å². The van der Waals surface area contributed by atoms with Crippen molar-refractivity contribution in [2.24, 2.45) is 0 Å². The molecule has 0 saturated heterocycles. The van der Waals surface area contributed by atoms with E-state index in [4.69, 9.17) is 10.7 Å². The van der Waals surface area contributed by atoms with E-state index < -0.39 is 26.1 Å². The van der Waals surface area contributed by atoms with Crippen LogP contribution in [-0.2, 0) is 9.05 Å². The van der Waals surface area contributed by atoms with Crippen LogP contribution in [0, 0.1) is 3.57 Å². The van der Waals surface area contributed by atoms with Crippen molar-refractivity contribution in [2.45, 2.75) is 11.5 Å². The number of pyridine rings is 1. The van der Waals surface area contributed by atoms with Gasteiger partial charge >= 0.3 is 0 Å². The van der Waals surface area contributed by atoms with E-state index in [1.807, 2.05) is 0 Å². The molecule has 0 amide bonds. The van der Waals surface area contributed by atoms with Gasteiger partial charge in [-0.1, -0.05) is 0 Å². The Balaban J connectivity index is 3.62. The molecule has 0 unspecified atom stereocenters. The van der Waals surface area contributed by atoms with Gasteiger partial charge in [-0.3, -0.25) is 0 Å². The van der Waals surface area contributed by atoms with E-state index in [1.54, 1.807) is 22.6 Å². The lowest BCUT2D eigenvalue weighted by Gasteiger charge is -2.08. The standard InChI is InChI=1S/C6H2BrClF2INO2S/c7-4-2(11)1-12-6(15(8,13)14)3(4)5(9)10/h1,5H. The summed E-state index contributed by atoms with van der Waals surface area (Å²) in [6.07, 6.45) is -1.82. The van der Waals surface area contributed by atoms with Crippen molar-refractivity contribution in [3.8, 4) is 0 Å². The number of nitrogens with zero attached hydrogens (tertiary/aromatic N) is 1. The van der Waals surface area contributed by atoms with Crippen LogP contribution in [-0.4, -0.2) is 13.4 Å². The predicted octanol–water partition coefficient (Wildman–Crippen LogP) is 3.31. The smallest absolute Gasteiger partial charge is 0.242 e. The van der Waals surface area contributed by atoms with Gasteiger partial charge in [0.1, 0.15) is 0 Å². The summed E-state index contributed by atoms with van der Waals surface area (Å²) in [5.74, 6) is 0. The summed E-state index contributed by atoms with van der Waals surface area (Å²) >= 11 is 4.62. The maximum absolute atomic E-state index is 12.6. The van der Waals surface area contributed by atoms with E-state index in [0.717, 1.165) is 6.20 Å². The molecule has 0 aliphatic carbocycles. The van der Waals surface area contributed by atoms with E-state index in [-0.39, 0.29) is 4.47 Å². The van der Waals surface area contributed by atoms with Crippen molar-refractivity contribution in [3.05, 3.63) is 19.8 Å². The molecule has 0 aromatic carbocycles. The van der Waals surface area contributed by atoms with Gasteiger partial charge in [0.05, 0.1) is 5.56 Å². The van der Waals surface area contributed by atoms with Crippen molar-refractivity contribution in [3.63, 3.8) is 0 Å². The number of aromatic nitrogens is 1. The second-order valence-electron chi connectivity index (χ2n) is 2.38. The number of rotatable bonds is 2. The lowest BCUT2D eigenvalue weighted by molar-refractivity contribution is 0.146. The lowest BCUT2D eigenvalue weighted by atomic mass is 10.3.